The molecular weight excluding hydrogens is 480 g/mol. The molecule has 2 aromatic rings. The zero-order valence-electron chi connectivity index (χ0n) is 21.2. The van der Waals surface area contributed by atoms with Gasteiger partial charge in [-0.1, -0.05) is 31.2 Å². The maximum atomic E-state index is 13.8. The molecule has 1 heterocycles. The van der Waals surface area contributed by atoms with Gasteiger partial charge in [0.2, 0.25) is 11.8 Å². The van der Waals surface area contributed by atoms with Crippen molar-refractivity contribution >= 4 is 17.6 Å². The molecule has 0 radical (unpaired) electrons. The van der Waals surface area contributed by atoms with E-state index in [0.717, 1.165) is 30.2 Å². The lowest BCUT2D eigenvalue weighted by atomic mass is 9.89. The molecule has 1 aliphatic rings. The van der Waals surface area contributed by atoms with Crippen LogP contribution in [0.5, 0.6) is 0 Å². The van der Waals surface area contributed by atoms with E-state index in [-0.39, 0.29) is 18.5 Å². The number of hydrogen-bond acceptors (Lipinski definition) is 5. The third-order valence-corrected chi connectivity index (χ3v) is 6.54. The molecule has 0 saturated heterocycles. The third kappa shape index (κ3) is 7.77. The monoisotopic (exact) mass is 513 g/mol. The van der Waals surface area contributed by atoms with Gasteiger partial charge in [0.05, 0.1) is 12.1 Å². The minimum Gasteiger partial charge on any atom is -0.390 e. The van der Waals surface area contributed by atoms with Gasteiger partial charge in [-0.25, -0.2) is 8.78 Å². The van der Waals surface area contributed by atoms with Crippen LogP contribution in [0.1, 0.15) is 43.9 Å². The molecule has 4 N–H and O–H groups in total. The van der Waals surface area contributed by atoms with Gasteiger partial charge in [-0.2, -0.15) is 0 Å². The van der Waals surface area contributed by atoms with Crippen LogP contribution in [0.15, 0.2) is 53.7 Å². The standard InChI is InChI=1S/C28H33F2N3O4/c1-4-18-6-5-7-19(8-18)14-31-15-25(34)24(11-20-9-21(29)12-22(30)10-20)33-26(35)13-23-27(36)16(2)17(3)32-28(23)37/h5-10,12,23-25,31,34H,4,11,13-15H2,1-3H3,(H,32,37)(H,33,35)/t23?,24-,25-/m0/s1. The number of allylic oxidation sites excluding steroid dienone is 2. The van der Waals surface area contributed by atoms with Gasteiger partial charge < -0.3 is 21.1 Å². The topological polar surface area (TPSA) is 108 Å². The van der Waals surface area contributed by atoms with Crippen molar-refractivity contribution in [3.63, 3.8) is 0 Å². The lowest BCUT2D eigenvalue weighted by molar-refractivity contribution is -0.137. The molecule has 2 amide bonds. The summed E-state index contributed by atoms with van der Waals surface area (Å²) in [7, 11) is 0. The van der Waals surface area contributed by atoms with Crippen LogP contribution in [0.25, 0.3) is 0 Å². The quantitative estimate of drug-likeness (QED) is 0.346. The highest BCUT2D eigenvalue weighted by Crippen LogP contribution is 2.20. The van der Waals surface area contributed by atoms with Crippen molar-refractivity contribution in [2.45, 2.75) is 58.7 Å². The zero-order valence-corrected chi connectivity index (χ0v) is 21.2. The third-order valence-electron chi connectivity index (χ3n) is 6.54. The van der Waals surface area contributed by atoms with E-state index < -0.39 is 53.7 Å². The number of carbonyl (C=O) groups is 3. The van der Waals surface area contributed by atoms with Gasteiger partial charge in [-0.15, -0.1) is 0 Å². The van der Waals surface area contributed by atoms with Crippen molar-refractivity contribution in [3.05, 3.63) is 82.1 Å². The Bertz CT molecular complexity index is 1180. The Hall–Kier alpha value is -3.43. The van der Waals surface area contributed by atoms with Crippen LogP contribution in [-0.4, -0.2) is 41.4 Å². The van der Waals surface area contributed by atoms with Gasteiger partial charge >= 0.3 is 0 Å². The van der Waals surface area contributed by atoms with Crippen molar-refractivity contribution in [1.29, 1.82) is 0 Å². The summed E-state index contributed by atoms with van der Waals surface area (Å²) in [6.07, 6.45) is -0.694. The smallest absolute Gasteiger partial charge is 0.235 e. The molecule has 0 aromatic heterocycles. The minimum atomic E-state index is -1.18. The van der Waals surface area contributed by atoms with Crippen molar-refractivity contribution in [1.82, 2.24) is 16.0 Å². The second-order valence-electron chi connectivity index (χ2n) is 9.39. The second kappa shape index (κ2) is 12.7. The second-order valence-corrected chi connectivity index (χ2v) is 9.39. The van der Waals surface area contributed by atoms with Gasteiger partial charge in [0.25, 0.3) is 0 Å². The maximum Gasteiger partial charge on any atom is 0.235 e. The molecular formula is C28H33F2N3O4. The Balaban J connectivity index is 1.69. The molecule has 1 aliphatic heterocycles. The fourth-order valence-corrected chi connectivity index (χ4v) is 4.30. The van der Waals surface area contributed by atoms with Crippen LogP contribution in [0.4, 0.5) is 8.78 Å². The Labute approximate surface area is 215 Å². The van der Waals surface area contributed by atoms with Gasteiger partial charge in [0.15, 0.2) is 5.78 Å². The Morgan fingerprint density at radius 1 is 1.05 bits per heavy atom. The molecule has 2 aromatic carbocycles. The van der Waals surface area contributed by atoms with E-state index in [2.05, 4.69) is 28.9 Å². The van der Waals surface area contributed by atoms with E-state index in [1.165, 1.54) is 5.56 Å². The number of aryl methyl sites for hydroxylation is 1. The minimum absolute atomic E-state index is 0.0581. The summed E-state index contributed by atoms with van der Waals surface area (Å²) < 4.78 is 27.5. The van der Waals surface area contributed by atoms with Crippen LogP contribution in [0, 0.1) is 17.6 Å². The number of benzene rings is 2. The average Bonchev–Trinajstić information content (AvgIpc) is 2.84. The zero-order chi connectivity index (χ0) is 27.1. The van der Waals surface area contributed by atoms with Crippen LogP contribution in [0.3, 0.4) is 0 Å². The van der Waals surface area contributed by atoms with Crippen molar-refractivity contribution in [3.8, 4) is 0 Å². The largest absolute Gasteiger partial charge is 0.390 e. The summed E-state index contributed by atoms with van der Waals surface area (Å²) in [4.78, 5) is 37.7. The molecule has 0 spiro atoms. The average molecular weight is 514 g/mol. The summed E-state index contributed by atoms with van der Waals surface area (Å²) >= 11 is 0. The molecule has 37 heavy (non-hydrogen) atoms. The van der Waals surface area contributed by atoms with Gasteiger partial charge in [-0.3, -0.25) is 14.4 Å². The molecule has 0 saturated carbocycles. The van der Waals surface area contributed by atoms with Crippen LogP contribution in [0.2, 0.25) is 0 Å². The first kappa shape index (κ1) is 28.1. The normalized spacial score (nSPS) is 17.4. The predicted molar refractivity (Wildman–Crippen MR) is 135 cm³/mol. The van der Waals surface area contributed by atoms with Gasteiger partial charge in [0.1, 0.15) is 17.6 Å². The fraction of sp³-hybridized carbons (Fsp3) is 0.393. The van der Waals surface area contributed by atoms with Crippen molar-refractivity contribution < 1.29 is 28.3 Å². The number of carbonyl (C=O) groups excluding carboxylic acids is 3. The molecule has 198 valence electrons. The van der Waals surface area contributed by atoms with Crippen LogP contribution < -0.4 is 16.0 Å². The Kier molecular flexibility index (Phi) is 9.66. The van der Waals surface area contributed by atoms with Crippen molar-refractivity contribution in [2.24, 2.45) is 5.92 Å². The molecule has 7 nitrogen and oxygen atoms in total. The fourth-order valence-electron chi connectivity index (χ4n) is 4.30. The van der Waals surface area contributed by atoms with Gasteiger partial charge in [0, 0.05) is 36.8 Å². The summed E-state index contributed by atoms with van der Waals surface area (Å²) in [5.74, 6) is -4.36. The van der Waals surface area contributed by atoms with E-state index >= 15 is 0 Å². The summed E-state index contributed by atoms with van der Waals surface area (Å²) in [6, 6.07) is 10.1. The Morgan fingerprint density at radius 2 is 1.73 bits per heavy atom. The first-order chi connectivity index (χ1) is 17.6. The first-order valence-electron chi connectivity index (χ1n) is 12.3. The number of rotatable bonds is 11. The SMILES string of the molecule is CCc1cccc(CNC[C@H](O)[C@H](Cc2cc(F)cc(F)c2)NC(=O)CC2C(=O)NC(C)=C(C)C2=O)c1. The van der Waals surface area contributed by atoms with Crippen LogP contribution >= 0.6 is 0 Å². The first-order valence-corrected chi connectivity index (χ1v) is 12.3. The van der Waals surface area contributed by atoms with E-state index in [4.69, 9.17) is 0 Å². The van der Waals surface area contributed by atoms with E-state index in [1.807, 2.05) is 18.2 Å². The number of aliphatic hydroxyl groups is 1. The number of amides is 2. The maximum absolute atomic E-state index is 13.8. The predicted octanol–water partition coefficient (Wildman–Crippen LogP) is 2.70. The number of Topliss-reactive ketones (excluding diaryl/α,β-unsaturated/α-hetero) is 1. The highest BCUT2D eigenvalue weighted by Gasteiger charge is 2.35. The molecule has 0 bridgehead atoms. The summed E-state index contributed by atoms with van der Waals surface area (Å²) in [5, 5.41) is 19.3. The summed E-state index contributed by atoms with van der Waals surface area (Å²) in [5.41, 5.74) is 3.28. The molecule has 0 fully saturated rings. The molecule has 3 atom stereocenters. The molecule has 1 unspecified atom stereocenters. The van der Waals surface area contributed by atoms with E-state index in [9.17, 15) is 28.3 Å². The highest BCUT2D eigenvalue weighted by molar-refractivity contribution is 6.14. The van der Waals surface area contributed by atoms with Crippen LogP contribution in [-0.2, 0) is 33.8 Å². The molecule has 3 rings (SSSR count). The molecule has 0 aliphatic carbocycles. The number of halogens is 2. The highest BCUT2D eigenvalue weighted by atomic mass is 19.1. The van der Waals surface area contributed by atoms with Crippen molar-refractivity contribution in [2.75, 3.05) is 6.54 Å². The lowest BCUT2D eigenvalue weighted by Gasteiger charge is -2.27. The number of ketones is 1. The summed E-state index contributed by atoms with van der Waals surface area (Å²) in [6.45, 7) is 5.80. The lowest BCUT2D eigenvalue weighted by Crippen LogP contribution is -2.50. The molecule has 9 heteroatoms. The number of aliphatic hydroxyl groups excluding tert-OH is 1. The Morgan fingerprint density at radius 3 is 2.41 bits per heavy atom. The number of nitrogens with one attached hydrogen (secondary N) is 3. The van der Waals surface area contributed by atoms with E-state index in [0.29, 0.717) is 17.8 Å². The number of hydrogen-bond donors (Lipinski definition) is 4. The van der Waals surface area contributed by atoms with E-state index in [1.54, 1.807) is 13.8 Å². The van der Waals surface area contributed by atoms with Gasteiger partial charge in [-0.05, 0) is 55.5 Å².